The number of piperidine rings is 1. The molecule has 2 fully saturated rings. The SMILES string of the molecule is C[C@@H](c1ccccc1)N1C[C@H](C(=O)N2CCC[C@H](C(N)=O)C2)CC1=O. The predicted molar refractivity (Wildman–Crippen MR) is 93.2 cm³/mol. The van der Waals surface area contributed by atoms with Gasteiger partial charge < -0.3 is 15.5 Å². The minimum absolute atomic E-state index is 0.0122. The Hall–Kier alpha value is -2.37. The Balaban J connectivity index is 1.65. The number of carbonyl (C=O) groups excluding carboxylic acids is 3. The van der Waals surface area contributed by atoms with Gasteiger partial charge in [0.15, 0.2) is 0 Å². The van der Waals surface area contributed by atoms with Gasteiger partial charge in [0.1, 0.15) is 0 Å². The fourth-order valence-corrected chi connectivity index (χ4v) is 3.85. The Morgan fingerprint density at radius 1 is 1.16 bits per heavy atom. The van der Waals surface area contributed by atoms with Gasteiger partial charge in [0.25, 0.3) is 0 Å². The normalized spacial score (nSPS) is 25.1. The first-order valence-electron chi connectivity index (χ1n) is 8.90. The van der Waals surface area contributed by atoms with Gasteiger partial charge in [0.05, 0.1) is 17.9 Å². The quantitative estimate of drug-likeness (QED) is 0.895. The van der Waals surface area contributed by atoms with E-state index in [1.807, 2.05) is 37.3 Å². The second kappa shape index (κ2) is 7.25. The molecule has 25 heavy (non-hydrogen) atoms. The molecule has 3 atom stereocenters. The average molecular weight is 343 g/mol. The van der Waals surface area contributed by atoms with Crippen LogP contribution in [0.2, 0.25) is 0 Å². The van der Waals surface area contributed by atoms with Crippen LogP contribution in [-0.4, -0.2) is 47.2 Å². The Bertz CT molecular complexity index is 661. The number of carbonyl (C=O) groups is 3. The van der Waals surface area contributed by atoms with Gasteiger partial charge in [-0.3, -0.25) is 14.4 Å². The van der Waals surface area contributed by atoms with Crippen LogP contribution in [0, 0.1) is 11.8 Å². The maximum absolute atomic E-state index is 12.8. The van der Waals surface area contributed by atoms with Crippen LogP contribution in [0.25, 0.3) is 0 Å². The van der Waals surface area contributed by atoms with Gasteiger partial charge in [0.2, 0.25) is 17.7 Å². The van der Waals surface area contributed by atoms with Crippen molar-refractivity contribution < 1.29 is 14.4 Å². The van der Waals surface area contributed by atoms with Crippen molar-refractivity contribution in [2.75, 3.05) is 19.6 Å². The average Bonchev–Trinajstić information content (AvgIpc) is 3.03. The van der Waals surface area contributed by atoms with E-state index in [0.29, 0.717) is 19.6 Å². The van der Waals surface area contributed by atoms with Crippen LogP contribution < -0.4 is 5.73 Å². The first kappa shape index (κ1) is 17.5. The number of likely N-dealkylation sites (tertiary alicyclic amines) is 2. The van der Waals surface area contributed by atoms with Crippen LogP contribution in [-0.2, 0) is 14.4 Å². The third kappa shape index (κ3) is 3.67. The molecule has 2 aliphatic heterocycles. The van der Waals surface area contributed by atoms with E-state index in [1.54, 1.807) is 9.80 Å². The summed E-state index contributed by atoms with van der Waals surface area (Å²) in [6.07, 6.45) is 1.76. The number of hydrogen-bond donors (Lipinski definition) is 1. The summed E-state index contributed by atoms with van der Waals surface area (Å²) in [5.74, 6) is -0.959. The maximum Gasteiger partial charge on any atom is 0.228 e. The molecule has 2 N–H and O–H groups in total. The minimum atomic E-state index is -0.348. The first-order chi connectivity index (χ1) is 12.0. The van der Waals surface area contributed by atoms with Crippen molar-refractivity contribution in [1.82, 2.24) is 9.80 Å². The molecule has 1 aromatic carbocycles. The monoisotopic (exact) mass is 343 g/mol. The highest BCUT2D eigenvalue weighted by Crippen LogP contribution is 2.30. The predicted octanol–water partition coefficient (Wildman–Crippen LogP) is 1.32. The Morgan fingerprint density at radius 3 is 2.56 bits per heavy atom. The molecular formula is C19H25N3O3. The highest BCUT2D eigenvalue weighted by molar-refractivity contribution is 5.90. The maximum atomic E-state index is 12.8. The molecular weight excluding hydrogens is 318 g/mol. The molecule has 3 amide bonds. The summed E-state index contributed by atoms with van der Waals surface area (Å²) < 4.78 is 0. The molecule has 0 unspecified atom stereocenters. The lowest BCUT2D eigenvalue weighted by Crippen LogP contribution is -2.46. The number of hydrogen-bond acceptors (Lipinski definition) is 3. The highest BCUT2D eigenvalue weighted by Gasteiger charge is 2.40. The zero-order valence-corrected chi connectivity index (χ0v) is 14.6. The first-order valence-corrected chi connectivity index (χ1v) is 8.90. The topological polar surface area (TPSA) is 83.7 Å². The summed E-state index contributed by atoms with van der Waals surface area (Å²) in [6.45, 7) is 3.45. The molecule has 0 aliphatic carbocycles. The zero-order valence-electron chi connectivity index (χ0n) is 14.6. The van der Waals surface area contributed by atoms with Crippen molar-refractivity contribution in [1.29, 1.82) is 0 Å². The Morgan fingerprint density at radius 2 is 1.88 bits per heavy atom. The third-order valence-electron chi connectivity index (χ3n) is 5.39. The van der Waals surface area contributed by atoms with E-state index in [9.17, 15) is 14.4 Å². The van der Waals surface area contributed by atoms with Gasteiger partial charge in [-0.25, -0.2) is 0 Å². The van der Waals surface area contributed by atoms with Crippen LogP contribution in [0.3, 0.4) is 0 Å². The molecule has 0 aromatic heterocycles. The molecule has 0 saturated carbocycles. The van der Waals surface area contributed by atoms with Gasteiger partial charge in [-0.15, -0.1) is 0 Å². The number of primary amides is 1. The van der Waals surface area contributed by atoms with Crippen LogP contribution in [0.1, 0.15) is 37.8 Å². The van der Waals surface area contributed by atoms with E-state index >= 15 is 0 Å². The lowest BCUT2D eigenvalue weighted by molar-refractivity contribution is -0.139. The summed E-state index contributed by atoms with van der Waals surface area (Å²) in [4.78, 5) is 40.2. The molecule has 3 rings (SSSR count). The summed E-state index contributed by atoms with van der Waals surface area (Å²) >= 11 is 0. The van der Waals surface area contributed by atoms with Crippen molar-refractivity contribution >= 4 is 17.7 Å². The van der Waals surface area contributed by atoms with E-state index < -0.39 is 0 Å². The molecule has 2 aliphatic rings. The molecule has 2 heterocycles. The van der Waals surface area contributed by atoms with Crippen LogP contribution in [0.15, 0.2) is 30.3 Å². The van der Waals surface area contributed by atoms with Gasteiger partial charge in [-0.05, 0) is 25.3 Å². The lowest BCUT2D eigenvalue weighted by atomic mass is 9.96. The molecule has 6 nitrogen and oxygen atoms in total. The van der Waals surface area contributed by atoms with Gasteiger partial charge in [-0.2, -0.15) is 0 Å². The van der Waals surface area contributed by atoms with Crippen molar-refractivity contribution in [2.45, 2.75) is 32.2 Å². The lowest BCUT2D eigenvalue weighted by Gasteiger charge is -2.33. The van der Waals surface area contributed by atoms with Crippen LogP contribution in [0.4, 0.5) is 0 Å². The van der Waals surface area contributed by atoms with E-state index in [4.69, 9.17) is 5.73 Å². The molecule has 0 bridgehead atoms. The summed E-state index contributed by atoms with van der Waals surface area (Å²) in [5.41, 5.74) is 6.46. The highest BCUT2D eigenvalue weighted by atomic mass is 16.2. The van der Waals surface area contributed by atoms with Gasteiger partial charge in [0, 0.05) is 26.1 Å². The Labute approximate surface area is 148 Å². The number of amides is 3. The number of nitrogens with two attached hydrogens (primary N) is 1. The van der Waals surface area contributed by atoms with Crippen molar-refractivity contribution in [3.8, 4) is 0 Å². The van der Waals surface area contributed by atoms with Gasteiger partial charge >= 0.3 is 0 Å². The number of rotatable bonds is 4. The zero-order chi connectivity index (χ0) is 18.0. The summed E-state index contributed by atoms with van der Waals surface area (Å²) in [7, 11) is 0. The second-order valence-electron chi connectivity index (χ2n) is 7.06. The third-order valence-corrected chi connectivity index (χ3v) is 5.39. The van der Waals surface area contributed by atoms with Crippen molar-refractivity contribution in [3.63, 3.8) is 0 Å². The number of benzene rings is 1. The summed E-state index contributed by atoms with van der Waals surface area (Å²) in [5, 5.41) is 0. The molecule has 1 aromatic rings. The Kier molecular flexibility index (Phi) is 5.06. The standard InChI is InChI=1S/C19H25N3O3/c1-13(14-6-3-2-4-7-14)22-12-16(10-17(22)23)19(25)21-9-5-8-15(11-21)18(20)24/h2-4,6-7,13,15-16H,5,8-12H2,1H3,(H2,20,24)/t13-,15-,16+/m0/s1. The number of nitrogens with zero attached hydrogens (tertiary/aromatic N) is 2. The van der Waals surface area contributed by atoms with Gasteiger partial charge in [-0.1, -0.05) is 30.3 Å². The van der Waals surface area contributed by atoms with E-state index in [1.165, 1.54) is 0 Å². The second-order valence-corrected chi connectivity index (χ2v) is 7.06. The van der Waals surface area contributed by atoms with E-state index in [2.05, 4.69) is 0 Å². The van der Waals surface area contributed by atoms with Crippen LogP contribution >= 0.6 is 0 Å². The largest absolute Gasteiger partial charge is 0.369 e. The smallest absolute Gasteiger partial charge is 0.228 e. The molecule has 0 radical (unpaired) electrons. The molecule has 0 spiro atoms. The van der Waals surface area contributed by atoms with Crippen molar-refractivity contribution in [3.05, 3.63) is 35.9 Å². The van der Waals surface area contributed by atoms with E-state index in [0.717, 1.165) is 18.4 Å². The minimum Gasteiger partial charge on any atom is -0.369 e. The van der Waals surface area contributed by atoms with E-state index in [-0.39, 0.29) is 42.0 Å². The van der Waals surface area contributed by atoms with Crippen molar-refractivity contribution in [2.24, 2.45) is 17.6 Å². The molecule has 134 valence electrons. The summed E-state index contributed by atoms with van der Waals surface area (Å²) in [6, 6.07) is 9.79. The van der Waals surface area contributed by atoms with Crippen LogP contribution in [0.5, 0.6) is 0 Å². The fraction of sp³-hybridized carbons (Fsp3) is 0.526. The molecule has 2 saturated heterocycles. The molecule has 6 heteroatoms. The fourth-order valence-electron chi connectivity index (χ4n) is 3.85.